The zero-order chi connectivity index (χ0) is 13.1. The van der Waals surface area contributed by atoms with Gasteiger partial charge in [-0.3, -0.25) is 4.79 Å². The predicted octanol–water partition coefficient (Wildman–Crippen LogP) is 2.55. The van der Waals surface area contributed by atoms with Crippen molar-refractivity contribution in [2.24, 2.45) is 5.73 Å². The molecule has 1 unspecified atom stereocenters. The number of nitrogens with one attached hydrogen (secondary N) is 1. The first-order valence-electron chi connectivity index (χ1n) is 6.34. The largest absolute Gasteiger partial charge is 0.370 e. The Kier molecular flexibility index (Phi) is 4.40. The van der Waals surface area contributed by atoms with Crippen molar-refractivity contribution in [1.82, 2.24) is 5.32 Å². The number of nitrogens with two attached hydrogens (primary N) is 1. The third-order valence-electron chi connectivity index (χ3n) is 3.51. The van der Waals surface area contributed by atoms with Gasteiger partial charge in [-0.15, -0.1) is 0 Å². The quantitative estimate of drug-likeness (QED) is 0.878. The predicted molar refractivity (Wildman–Crippen MR) is 76.3 cm³/mol. The maximum absolute atomic E-state index is 10.8. The van der Waals surface area contributed by atoms with Crippen LogP contribution in [0.2, 0.25) is 0 Å². The van der Waals surface area contributed by atoms with Crippen molar-refractivity contribution in [3.63, 3.8) is 0 Å². The van der Waals surface area contributed by atoms with E-state index >= 15 is 0 Å². The normalized spacial score (nSPS) is 24.3. The van der Waals surface area contributed by atoms with Crippen LogP contribution in [0.4, 0.5) is 0 Å². The molecule has 0 spiro atoms. The fourth-order valence-electron chi connectivity index (χ4n) is 2.52. The highest BCUT2D eigenvalue weighted by Crippen LogP contribution is 2.37. The van der Waals surface area contributed by atoms with E-state index in [0.29, 0.717) is 18.4 Å². The van der Waals surface area contributed by atoms with Crippen molar-refractivity contribution >= 4 is 21.8 Å². The van der Waals surface area contributed by atoms with Gasteiger partial charge in [0.2, 0.25) is 5.91 Å². The van der Waals surface area contributed by atoms with Crippen LogP contribution in [0.25, 0.3) is 0 Å². The molecule has 1 fully saturated rings. The molecule has 1 atom stereocenters. The van der Waals surface area contributed by atoms with Crippen molar-refractivity contribution in [1.29, 1.82) is 0 Å². The van der Waals surface area contributed by atoms with Gasteiger partial charge in [-0.1, -0.05) is 28.1 Å². The number of rotatable bonds is 5. The molecule has 0 aromatic heterocycles. The summed E-state index contributed by atoms with van der Waals surface area (Å²) in [5.74, 6) is 0.412. The van der Waals surface area contributed by atoms with Crippen molar-refractivity contribution < 1.29 is 4.79 Å². The lowest BCUT2D eigenvalue weighted by molar-refractivity contribution is -0.118. The fourth-order valence-corrected chi connectivity index (χ4v) is 2.79. The van der Waals surface area contributed by atoms with Crippen molar-refractivity contribution in [3.05, 3.63) is 34.3 Å². The second kappa shape index (κ2) is 5.85. The number of carbonyl (C=O) groups is 1. The molecule has 0 heterocycles. The van der Waals surface area contributed by atoms with Crippen molar-refractivity contribution in [2.75, 3.05) is 0 Å². The minimum Gasteiger partial charge on any atom is -0.370 e. The molecule has 3 N–H and O–H groups in total. The SMILES string of the molecule is CC(CC(N)=O)NC1CC(c2ccc(Br)cc2)C1. The van der Waals surface area contributed by atoms with E-state index < -0.39 is 0 Å². The molecule has 1 aliphatic carbocycles. The molecule has 18 heavy (non-hydrogen) atoms. The molecular formula is C14H19BrN2O. The fraction of sp³-hybridized carbons (Fsp3) is 0.500. The van der Waals surface area contributed by atoms with Gasteiger partial charge in [0.25, 0.3) is 0 Å². The molecule has 1 aromatic rings. The van der Waals surface area contributed by atoms with E-state index in [1.54, 1.807) is 0 Å². The van der Waals surface area contributed by atoms with Crippen molar-refractivity contribution in [2.45, 2.75) is 44.2 Å². The Morgan fingerprint density at radius 1 is 1.44 bits per heavy atom. The zero-order valence-electron chi connectivity index (χ0n) is 10.5. The molecule has 2 rings (SSSR count). The number of amides is 1. The Morgan fingerprint density at radius 3 is 2.61 bits per heavy atom. The van der Waals surface area contributed by atoms with Gasteiger partial charge in [0, 0.05) is 23.0 Å². The molecule has 1 aliphatic rings. The lowest BCUT2D eigenvalue weighted by Crippen LogP contribution is -2.45. The Hall–Kier alpha value is -0.870. The summed E-state index contributed by atoms with van der Waals surface area (Å²) in [5, 5.41) is 3.45. The first-order chi connectivity index (χ1) is 8.54. The molecule has 98 valence electrons. The summed E-state index contributed by atoms with van der Waals surface area (Å²) in [7, 11) is 0. The summed E-state index contributed by atoms with van der Waals surface area (Å²) in [6.45, 7) is 2.01. The molecule has 0 radical (unpaired) electrons. The zero-order valence-corrected chi connectivity index (χ0v) is 12.1. The highest BCUT2D eigenvalue weighted by Gasteiger charge is 2.30. The van der Waals surface area contributed by atoms with Crippen LogP contribution in [-0.2, 0) is 4.79 Å². The molecular weight excluding hydrogens is 292 g/mol. The van der Waals surface area contributed by atoms with Gasteiger partial charge in [-0.25, -0.2) is 0 Å². The number of carbonyl (C=O) groups excluding carboxylic acids is 1. The highest BCUT2D eigenvalue weighted by atomic mass is 79.9. The van der Waals surface area contributed by atoms with Crippen LogP contribution in [0.5, 0.6) is 0 Å². The topological polar surface area (TPSA) is 55.1 Å². The lowest BCUT2D eigenvalue weighted by Gasteiger charge is -2.38. The maximum atomic E-state index is 10.8. The van der Waals surface area contributed by atoms with Gasteiger partial charge in [0.1, 0.15) is 0 Å². The number of halogens is 1. The maximum Gasteiger partial charge on any atom is 0.218 e. The minimum absolute atomic E-state index is 0.179. The third-order valence-corrected chi connectivity index (χ3v) is 4.04. The highest BCUT2D eigenvalue weighted by molar-refractivity contribution is 9.10. The van der Waals surface area contributed by atoms with E-state index in [1.807, 2.05) is 6.92 Å². The first-order valence-corrected chi connectivity index (χ1v) is 7.13. The molecule has 1 aromatic carbocycles. The summed E-state index contributed by atoms with van der Waals surface area (Å²) in [5.41, 5.74) is 6.58. The Bertz CT molecular complexity index is 412. The van der Waals surface area contributed by atoms with Gasteiger partial charge >= 0.3 is 0 Å². The lowest BCUT2D eigenvalue weighted by atomic mass is 9.75. The molecule has 1 amide bonds. The average Bonchev–Trinajstić information content (AvgIpc) is 2.23. The smallest absolute Gasteiger partial charge is 0.218 e. The summed E-state index contributed by atoms with van der Waals surface area (Å²) in [4.78, 5) is 10.8. The molecule has 0 aliphatic heterocycles. The number of hydrogen-bond donors (Lipinski definition) is 2. The van der Waals surface area contributed by atoms with E-state index in [1.165, 1.54) is 5.56 Å². The van der Waals surface area contributed by atoms with E-state index in [4.69, 9.17) is 5.73 Å². The van der Waals surface area contributed by atoms with Crippen LogP contribution >= 0.6 is 15.9 Å². The molecule has 0 saturated heterocycles. The van der Waals surface area contributed by atoms with E-state index in [0.717, 1.165) is 17.3 Å². The Balaban J connectivity index is 1.77. The van der Waals surface area contributed by atoms with Crippen LogP contribution in [0, 0.1) is 0 Å². The second-order valence-electron chi connectivity index (χ2n) is 5.15. The summed E-state index contributed by atoms with van der Waals surface area (Å²) in [6, 6.07) is 9.24. The summed E-state index contributed by atoms with van der Waals surface area (Å²) < 4.78 is 1.12. The van der Waals surface area contributed by atoms with Gasteiger partial charge in [0.05, 0.1) is 0 Å². The third kappa shape index (κ3) is 3.56. The van der Waals surface area contributed by atoms with Crippen LogP contribution < -0.4 is 11.1 Å². The van der Waals surface area contributed by atoms with Gasteiger partial charge in [-0.2, -0.15) is 0 Å². The van der Waals surface area contributed by atoms with Crippen LogP contribution in [0.3, 0.4) is 0 Å². The van der Waals surface area contributed by atoms with Crippen LogP contribution in [-0.4, -0.2) is 18.0 Å². The standard InChI is InChI=1S/C14H19BrN2O/c1-9(6-14(16)18)17-13-7-11(8-13)10-2-4-12(15)5-3-10/h2-5,9,11,13,17H,6-8H2,1H3,(H2,16,18). The molecule has 3 nitrogen and oxygen atoms in total. The number of hydrogen-bond acceptors (Lipinski definition) is 2. The second-order valence-corrected chi connectivity index (χ2v) is 6.07. The minimum atomic E-state index is -0.237. The summed E-state index contributed by atoms with van der Waals surface area (Å²) in [6.07, 6.45) is 2.70. The molecule has 4 heteroatoms. The Labute approximate surface area is 116 Å². The number of benzene rings is 1. The van der Waals surface area contributed by atoms with E-state index in [-0.39, 0.29) is 11.9 Å². The van der Waals surface area contributed by atoms with Gasteiger partial charge in [-0.05, 0) is 43.4 Å². The summed E-state index contributed by atoms with van der Waals surface area (Å²) >= 11 is 3.45. The van der Waals surface area contributed by atoms with Crippen LogP contribution in [0.1, 0.15) is 37.7 Å². The van der Waals surface area contributed by atoms with E-state index in [2.05, 4.69) is 45.5 Å². The molecule has 0 bridgehead atoms. The van der Waals surface area contributed by atoms with Crippen molar-refractivity contribution in [3.8, 4) is 0 Å². The van der Waals surface area contributed by atoms with Gasteiger partial charge in [0.15, 0.2) is 0 Å². The van der Waals surface area contributed by atoms with Crippen LogP contribution in [0.15, 0.2) is 28.7 Å². The van der Waals surface area contributed by atoms with E-state index in [9.17, 15) is 4.79 Å². The average molecular weight is 311 g/mol. The Morgan fingerprint density at radius 2 is 2.06 bits per heavy atom. The first kappa shape index (κ1) is 13.6. The molecule has 1 saturated carbocycles. The number of primary amides is 1. The van der Waals surface area contributed by atoms with Gasteiger partial charge < -0.3 is 11.1 Å². The monoisotopic (exact) mass is 310 g/mol.